The minimum Gasteiger partial charge on any atom is -0.481 e. The number of rotatable bonds is 8. The van der Waals surface area contributed by atoms with Gasteiger partial charge in [-0.05, 0) is 192 Å². The van der Waals surface area contributed by atoms with Crippen LogP contribution in [0.15, 0.2) is 35.5 Å². The molecule has 0 aromatic heterocycles. The van der Waals surface area contributed by atoms with E-state index in [1.165, 1.54) is 68.1 Å². The average molecular weight is 722 g/mol. The van der Waals surface area contributed by atoms with Gasteiger partial charge in [0.1, 0.15) is 6.67 Å². The van der Waals surface area contributed by atoms with Crippen molar-refractivity contribution >= 4 is 5.97 Å². The van der Waals surface area contributed by atoms with Crippen LogP contribution in [0, 0.1) is 56.7 Å². The molecule has 0 aromatic rings. The van der Waals surface area contributed by atoms with Gasteiger partial charge in [0, 0.05) is 5.54 Å². The number of carbonyl (C=O) groups is 1. The van der Waals surface area contributed by atoms with E-state index in [0.29, 0.717) is 68.1 Å². The van der Waals surface area contributed by atoms with Crippen LogP contribution in [-0.2, 0) is 4.79 Å². The quantitative estimate of drug-likeness (QED) is 0.187. The second-order valence-electron chi connectivity index (χ2n) is 21.4. The molecule has 0 aromatic carbocycles. The number of alkyl halides is 1. The highest BCUT2D eigenvalue weighted by molar-refractivity contribution is 5.75. The predicted molar refractivity (Wildman–Crippen MR) is 207 cm³/mol. The van der Waals surface area contributed by atoms with E-state index in [1.807, 2.05) is 6.92 Å². The van der Waals surface area contributed by atoms with Gasteiger partial charge in [-0.3, -0.25) is 4.79 Å². The Morgan fingerprint density at radius 1 is 0.846 bits per heavy atom. The molecule has 52 heavy (non-hydrogen) atoms. The van der Waals surface area contributed by atoms with Crippen LogP contribution in [0.25, 0.3) is 0 Å². The van der Waals surface area contributed by atoms with Crippen molar-refractivity contribution < 1.29 is 24.5 Å². The van der Waals surface area contributed by atoms with Gasteiger partial charge >= 0.3 is 5.97 Å². The Kier molecular flexibility index (Phi) is 9.52. The maximum absolute atomic E-state index is 14.0. The number of nitrogens with one attached hydrogen (secondary N) is 1. The fourth-order valence-electron chi connectivity index (χ4n) is 15.2. The molecule has 10 atom stereocenters. The lowest BCUT2D eigenvalue weighted by Gasteiger charge is -2.72. The van der Waals surface area contributed by atoms with Crippen LogP contribution < -0.4 is 5.32 Å². The van der Waals surface area contributed by atoms with Crippen LogP contribution in [0.3, 0.4) is 0 Å². The van der Waals surface area contributed by atoms with Gasteiger partial charge in [0.25, 0.3) is 0 Å². The van der Waals surface area contributed by atoms with Crippen LogP contribution in [0.1, 0.15) is 158 Å². The number of fused-ring (bicyclic) bond motifs is 7. The topological polar surface area (TPSA) is 89.8 Å². The highest BCUT2D eigenvalue weighted by atomic mass is 19.1. The van der Waals surface area contributed by atoms with E-state index in [0.717, 1.165) is 19.4 Å². The van der Waals surface area contributed by atoms with Crippen molar-refractivity contribution in [3.8, 4) is 0 Å². The lowest BCUT2D eigenvalue weighted by molar-refractivity contribution is -0.221. The van der Waals surface area contributed by atoms with Crippen LogP contribution in [0.2, 0.25) is 0 Å². The highest BCUT2D eigenvalue weighted by Gasteiger charge is 2.70. The zero-order chi connectivity index (χ0) is 37.8. The van der Waals surface area contributed by atoms with E-state index in [1.54, 1.807) is 0 Å². The molecule has 7 aliphatic carbocycles. The normalized spacial score (nSPS) is 49.8. The summed E-state index contributed by atoms with van der Waals surface area (Å²) in [4.78, 5) is 12.0. The molecule has 6 heteroatoms. The van der Waals surface area contributed by atoms with Crippen molar-refractivity contribution in [3.63, 3.8) is 0 Å². The molecule has 0 saturated heterocycles. The first-order chi connectivity index (χ1) is 24.2. The first-order valence-corrected chi connectivity index (χ1v) is 21.3. The molecule has 7 rings (SSSR count). The van der Waals surface area contributed by atoms with Gasteiger partial charge in [-0.2, -0.15) is 0 Å². The van der Waals surface area contributed by atoms with Crippen LogP contribution in [0.4, 0.5) is 4.39 Å². The molecule has 5 fully saturated rings. The molecular weight excluding hydrogens is 650 g/mol. The summed E-state index contributed by atoms with van der Waals surface area (Å²) in [6.07, 6.45) is 20.4. The molecule has 0 spiro atoms. The Labute approximate surface area is 314 Å². The van der Waals surface area contributed by atoms with E-state index in [4.69, 9.17) is 0 Å². The SMILES string of the molecule is C=C(C)[C@@H]1CC[C@]2(NCCC3(O)CCC(C)(O)CC3)CC[C@]3(C)[C@H](CC[C@@H]4[C@@]5(C)CC=C(C6=CC[C@](CF)(C(=O)O)CC6)C(C)(C)[C@@H]5CC[C@]43C)[C@@H]12. The van der Waals surface area contributed by atoms with Gasteiger partial charge in [-0.1, -0.05) is 58.9 Å². The zero-order valence-electron chi connectivity index (χ0n) is 33.8. The molecule has 292 valence electrons. The van der Waals surface area contributed by atoms with E-state index in [2.05, 4.69) is 65.6 Å². The molecule has 0 heterocycles. The maximum atomic E-state index is 14.0. The van der Waals surface area contributed by atoms with Crippen molar-refractivity contribution in [2.24, 2.45) is 56.7 Å². The number of aliphatic hydroxyl groups is 2. The van der Waals surface area contributed by atoms with E-state index >= 15 is 0 Å². The van der Waals surface area contributed by atoms with Crippen LogP contribution >= 0.6 is 0 Å². The number of carboxylic acid groups (broad SMARTS) is 1. The Balaban J connectivity index is 1.13. The first-order valence-electron chi connectivity index (χ1n) is 21.3. The van der Waals surface area contributed by atoms with E-state index in [9.17, 15) is 24.5 Å². The van der Waals surface area contributed by atoms with Crippen LogP contribution in [-0.4, -0.2) is 51.2 Å². The molecular formula is C46H72FNO4. The summed E-state index contributed by atoms with van der Waals surface area (Å²) in [5, 5.41) is 36.0. The molecule has 7 aliphatic rings. The second kappa shape index (κ2) is 12.8. The smallest absolute Gasteiger partial charge is 0.312 e. The molecule has 5 saturated carbocycles. The molecule has 0 aliphatic heterocycles. The van der Waals surface area contributed by atoms with E-state index < -0.39 is 29.3 Å². The fourth-order valence-corrected chi connectivity index (χ4v) is 15.2. The van der Waals surface area contributed by atoms with Gasteiger partial charge in [0.15, 0.2) is 0 Å². The number of aliphatic carboxylic acids is 1. The summed E-state index contributed by atoms with van der Waals surface area (Å²) in [5.41, 5.74) is 2.23. The third kappa shape index (κ3) is 5.70. The summed E-state index contributed by atoms with van der Waals surface area (Å²) in [5.74, 6) is 1.96. The summed E-state index contributed by atoms with van der Waals surface area (Å²) in [6.45, 7) is 21.8. The van der Waals surface area contributed by atoms with Crippen molar-refractivity contribution in [3.05, 3.63) is 35.5 Å². The third-order valence-electron chi connectivity index (χ3n) is 18.6. The number of halogens is 1. The Bertz CT molecular complexity index is 1500. The monoisotopic (exact) mass is 722 g/mol. The number of hydrogen-bond donors (Lipinski definition) is 4. The summed E-state index contributed by atoms with van der Waals surface area (Å²) in [7, 11) is 0. The third-order valence-corrected chi connectivity index (χ3v) is 18.6. The lowest BCUT2D eigenvalue weighted by Crippen LogP contribution is -2.68. The van der Waals surface area contributed by atoms with Crippen molar-refractivity contribution in [1.82, 2.24) is 5.32 Å². The molecule has 0 bridgehead atoms. The van der Waals surface area contributed by atoms with Crippen molar-refractivity contribution in [1.29, 1.82) is 0 Å². The largest absolute Gasteiger partial charge is 0.481 e. The molecule has 0 amide bonds. The molecule has 5 nitrogen and oxygen atoms in total. The van der Waals surface area contributed by atoms with Crippen molar-refractivity contribution in [2.75, 3.05) is 13.2 Å². The van der Waals surface area contributed by atoms with Crippen molar-refractivity contribution in [2.45, 2.75) is 174 Å². The second-order valence-corrected chi connectivity index (χ2v) is 21.4. The van der Waals surface area contributed by atoms with Gasteiger partial charge in [0.2, 0.25) is 0 Å². The first kappa shape index (κ1) is 38.8. The minimum absolute atomic E-state index is 0.0167. The Morgan fingerprint density at radius 3 is 2.17 bits per heavy atom. The van der Waals surface area contributed by atoms with Gasteiger partial charge in [-0.15, -0.1) is 0 Å². The van der Waals surface area contributed by atoms with Crippen LogP contribution in [0.5, 0.6) is 0 Å². The zero-order valence-corrected chi connectivity index (χ0v) is 33.8. The summed E-state index contributed by atoms with van der Waals surface area (Å²) < 4.78 is 14.0. The van der Waals surface area contributed by atoms with E-state index in [-0.39, 0.29) is 33.6 Å². The lowest BCUT2D eigenvalue weighted by atomic mass is 9.33. The predicted octanol–water partition coefficient (Wildman–Crippen LogP) is 10.1. The Hall–Kier alpha value is -1.50. The molecule has 4 N–H and O–H groups in total. The average Bonchev–Trinajstić information content (AvgIpc) is 3.46. The number of carboxylic acids is 1. The van der Waals surface area contributed by atoms with Gasteiger partial charge in [-0.25, -0.2) is 4.39 Å². The standard InChI is InChI=1S/C46H72FNO4/c1-30(2)32-13-20-46(48-28-27-45(52)24-21-40(5,51)22-25-45)26-23-42(7)34(37(32)46)9-10-36-41(6)16-14-33(39(3,4)35(41)15-17-43(36,42)8)31-11-18-44(29-47,19-12-31)38(49)50/h11,14,32,34-37,48,51-52H,1,9-10,12-13,15-29H2,2-8H3,(H,49,50)/t32-,34+,35-,36+,37+,40?,41-,42+,43+,44-,45?,46-/m0/s1. The molecule has 0 unspecified atom stereocenters. The Morgan fingerprint density at radius 2 is 1.56 bits per heavy atom. The minimum atomic E-state index is -1.26. The maximum Gasteiger partial charge on any atom is 0.312 e. The van der Waals surface area contributed by atoms with Gasteiger partial charge < -0.3 is 20.6 Å². The molecule has 0 radical (unpaired) electrons. The number of allylic oxidation sites excluding steroid dienone is 5. The van der Waals surface area contributed by atoms with Gasteiger partial charge in [0.05, 0.1) is 16.6 Å². The summed E-state index contributed by atoms with van der Waals surface area (Å²) >= 11 is 0. The number of hydrogen-bond acceptors (Lipinski definition) is 4. The highest BCUT2D eigenvalue weighted by Crippen LogP contribution is 2.76. The summed E-state index contributed by atoms with van der Waals surface area (Å²) in [6, 6.07) is 0. The fraction of sp³-hybridized carbons (Fsp3) is 0.848.